The molecule has 0 saturated carbocycles. The topological polar surface area (TPSA) is 134 Å². The number of amides is 1. The van der Waals surface area contributed by atoms with Crippen LogP contribution in [0.3, 0.4) is 0 Å². The monoisotopic (exact) mass is 382 g/mol. The van der Waals surface area contributed by atoms with Crippen LogP contribution in [0.2, 0.25) is 0 Å². The van der Waals surface area contributed by atoms with Crippen molar-refractivity contribution < 1.29 is 24.6 Å². The zero-order valence-corrected chi connectivity index (χ0v) is 13.1. The number of rotatable bonds is 6. The Morgan fingerprint density at radius 1 is 1.17 bits per heavy atom. The third-order valence-electron chi connectivity index (χ3n) is 2.87. The molecule has 0 spiro atoms. The van der Waals surface area contributed by atoms with Crippen molar-refractivity contribution in [3.8, 4) is 0 Å². The number of nitrogens with one attached hydrogen (secondary N) is 1. The molecular weight excluding hydrogens is 372 g/mol. The number of carbonyl (C=O) groups is 3. The van der Waals surface area contributed by atoms with E-state index in [2.05, 4.69) is 31.6 Å². The van der Waals surface area contributed by atoms with Gasteiger partial charge in [-0.2, -0.15) is 0 Å². The fourth-order valence-corrected chi connectivity index (χ4v) is 2.23. The van der Waals surface area contributed by atoms with Gasteiger partial charge in [0.2, 0.25) is 11.6 Å². The Morgan fingerprint density at radius 2 is 1.87 bits per heavy atom. The van der Waals surface area contributed by atoms with Gasteiger partial charge in [-0.15, -0.1) is 5.10 Å². The molecular formula is C13H11BrN4O5. The molecule has 0 fully saturated rings. The van der Waals surface area contributed by atoms with Crippen LogP contribution in [0, 0.1) is 0 Å². The molecule has 1 aromatic carbocycles. The lowest BCUT2D eigenvalue weighted by atomic mass is 10.2. The molecule has 0 bridgehead atoms. The van der Waals surface area contributed by atoms with E-state index >= 15 is 0 Å². The smallest absolute Gasteiger partial charge is 0.359 e. The summed E-state index contributed by atoms with van der Waals surface area (Å²) in [7, 11) is 0. The van der Waals surface area contributed by atoms with Crippen molar-refractivity contribution in [3.05, 3.63) is 45.7 Å². The van der Waals surface area contributed by atoms with Crippen molar-refractivity contribution in [2.24, 2.45) is 0 Å². The van der Waals surface area contributed by atoms with Gasteiger partial charge in [0.1, 0.15) is 6.54 Å². The minimum Gasteiger partial charge on any atom is -0.476 e. The number of carboxylic acid groups (broad SMARTS) is 2. The van der Waals surface area contributed by atoms with Crippen LogP contribution in [-0.4, -0.2) is 43.1 Å². The maximum absolute atomic E-state index is 11.9. The Morgan fingerprint density at radius 3 is 2.48 bits per heavy atom. The van der Waals surface area contributed by atoms with Crippen LogP contribution in [0.15, 0.2) is 28.7 Å². The number of benzene rings is 1. The summed E-state index contributed by atoms with van der Waals surface area (Å²) in [5, 5.41) is 27.2. The molecule has 9 nitrogen and oxygen atoms in total. The molecule has 1 amide bonds. The van der Waals surface area contributed by atoms with Crippen molar-refractivity contribution in [1.29, 1.82) is 0 Å². The average molecular weight is 383 g/mol. The van der Waals surface area contributed by atoms with Gasteiger partial charge < -0.3 is 15.5 Å². The van der Waals surface area contributed by atoms with Gasteiger partial charge in [-0.1, -0.05) is 39.3 Å². The van der Waals surface area contributed by atoms with Crippen LogP contribution in [0.1, 0.15) is 26.5 Å². The molecule has 1 heterocycles. The Hall–Kier alpha value is -2.75. The first-order valence-electron chi connectivity index (χ1n) is 6.30. The Bertz CT molecular complexity index is 773. The van der Waals surface area contributed by atoms with Crippen LogP contribution in [-0.2, 0) is 17.9 Å². The van der Waals surface area contributed by atoms with E-state index in [0.717, 1.165) is 14.7 Å². The summed E-state index contributed by atoms with van der Waals surface area (Å²) in [6.07, 6.45) is 0. The molecule has 0 aliphatic rings. The number of hydrogen-bond donors (Lipinski definition) is 3. The highest BCUT2D eigenvalue weighted by atomic mass is 79.9. The number of hydrogen-bond acceptors (Lipinski definition) is 5. The van der Waals surface area contributed by atoms with E-state index in [0.29, 0.717) is 0 Å². The number of nitrogens with zero attached hydrogens (tertiary/aromatic N) is 3. The van der Waals surface area contributed by atoms with Crippen LogP contribution in [0.5, 0.6) is 0 Å². The first-order chi connectivity index (χ1) is 10.9. The van der Waals surface area contributed by atoms with E-state index in [1.807, 2.05) is 24.3 Å². The number of carbonyl (C=O) groups excluding carboxylic acids is 1. The lowest BCUT2D eigenvalue weighted by Crippen LogP contribution is -2.29. The third kappa shape index (κ3) is 3.92. The van der Waals surface area contributed by atoms with Crippen molar-refractivity contribution in [2.45, 2.75) is 13.1 Å². The number of halogens is 1. The van der Waals surface area contributed by atoms with E-state index in [1.165, 1.54) is 0 Å². The van der Waals surface area contributed by atoms with Gasteiger partial charge >= 0.3 is 11.9 Å². The quantitative estimate of drug-likeness (QED) is 0.670. The average Bonchev–Trinajstić information content (AvgIpc) is 2.90. The van der Waals surface area contributed by atoms with E-state index in [4.69, 9.17) is 10.2 Å². The predicted molar refractivity (Wildman–Crippen MR) is 79.9 cm³/mol. The van der Waals surface area contributed by atoms with Gasteiger partial charge in [0.15, 0.2) is 5.69 Å². The van der Waals surface area contributed by atoms with Gasteiger partial charge in [0, 0.05) is 11.0 Å². The molecule has 0 radical (unpaired) electrons. The van der Waals surface area contributed by atoms with Crippen LogP contribution >= 0.6 is 15.9 Å². The van der Waals surface area contributed by atoms with Crippen molar-refractivity contribution in [2.75, 3.05) is 0 Å². The van der Waals surface area contributed by atoms with Crippen LogP contribution in [0.25, 0.3) is 0 Å². The maximum Gasteiger partial charge on any atom is 0.359 e. The minimum absolute atomic E-state index is 0.225. The summed E-state index contributed by atoms with van der Waals surface area (Å²) < 4.78 is 1.56. The molecule has 0 aliphatic heterocycles. The lowest BCUT2D eigenvalue weighted by molar-refractivity contribution is -0.122. The van der Waals surface area contributed by atoms with E-state index < -0.39 is 35.8 Å². The number of aromatic carboxylic acids is 2. The lowest BCUT2D eigenvalue weighted by Gasteiger charge is -2.07. The zero-order valence-electron chi connectivity index (χ0n) is 11.6. The molecule has 3 N–H and O–H groups in total. The normalized spacial score (nSPS) is 10.3. The number of carboxylic acids is 2. The molecule has 0 unspecified atom stereocenters. The first-order valence-corrected chi connectivity index (χ1v) is 7.09. The Kier molecular flexibility index (Phi) is 5.06. The number of aromatic nitrogens is 3. The fourth-order valence-electron chi connectivity index (χ4n) is 1.81. The summed E-state index contributed by atoms with van der Waals surface area (Å²) >= 11 is 3.34. The summed E-state index contributed by atoms with van der Waals surface area (Å²) in [5.41, 5.74) is -0.520. The van der Waals surface area contributed by atoms with Gasteiger partial charge in [0.05, 0.1) is 0 Å². The van der Waals surface area contributed by atoms with Gasteiger partial charge in [-0.05, 0) is 11.6 Å². The second-order valence-corrected chi connectivity index (χ2v) is 5.28. The summed E-state index contributed by atoms with van der Waals surface area (Å²) in [6.45, 7) is -0.227. The molecule has 120 valence electrons. The molecule has 2 rings (SSSR count). The first kappa shape index (κ1) is 16.6. The highest BCUT2D eigenvalue weighted by molar-refractivity contribution is 9.10. The maximum atomic E-state index is 11.9. The highest BCUT2D eigenvalue weighted by Crippen LogP contribution is 2.15. The third-order valence-corrected chi connectivity index (χ3v) is 3.64. The van der Waals surface area contributed by atoms with E-state index in [1.54, 1.807) is 0 Å². The zero-order chi connectivity index (χ0) is 17.0. The summed E-state index contributed by atoms with van der Waals surface area (Å²) in [6, 6.07) is 7.27. The fraction of sp³-hybridized carbons (Fsp3) is 0.154. The summed E-state index contributed by atoms with van der Waals surface area (Å²) in [4.78, 5) is 33.9. The molecule has 0 aliphatic carbocycles. The molecule has 0 saturated heterocycles. The Balaban J connectivity index is 2.08. The second-order valence-electron chi connectivity index (χ2n) is 4.42. The van der Waals surface area contributed by atoms with Crippen molar-refractivity contribution in [1.82, 2.24) is 20.3 Å². The molecule has 0 atom stereocenters. The molecule has 2 aromatic rings. The van der Waals surface area contributed by atoms with Gasteiger partial charge in [0.25, 0.3) is 0 Å². The SMILES string of the molecule is O=C(Cn1nnc(C(=O)O)c1C(=O)O)NCc1ccccc1Br. The van der Waals surface area contributed by atoms with Crippen LogP contribution in [0.4, 0.5) is 0 Å². The van der Waals surface area contributed by atoms with Gasteiger partial charge in [-0.3, -0.25) is 4.79 Å². The van der Waals surface area contributed by atoms with Gasteiger partial charge in [-0.25, -0.2) is 14.3 Å². The Labute approximate surface area is 138 Å². The molecule has 1 aromatic heterocycles. The van der Waals surface area contributed by atoms with Crippen molar-refractivity contribution in [3.63, 3.8) is 0 Å². The summed E-state index contributed by atoms with van der Waals surface area (Å²) in [5.74, 6) is -3.57. The standard InChI is InChI=1S/C13H11BrN4O5/c14-8-4-2-1-3-7(8)5-15-9(19)6-18-11(13(22)23)10(12(20)21)16-17-18/h1-4H,5-6H2,(H,15,19)(H,20,21)(H,22,23). The molecule has 10 heteroatoms. The van der Waals surface area contributed by atoms with Crippen LogP contribution < -0.4 is 5.32 Å². The van der Waals surface area contributed by atoms with E-state index in [9.17, 15) is 14.4 Å². The highest BCUT2D eigenvalue weighted by Gasteiger charge is 2.25. The minimum atomic E-state index is -1.53. The molecule has 23 heavy (non-hydrogen) atoms. The van der Waals surface area contributed by atoms with Crippen molar-refractivity contribution >= 4 is 33.8 Å². The largest absolute Gasteiger partial charge is 0.476 e. The predicted octanol–water partition coefficient (Wildman–Crippen LogP) is 0.753. The second kappa shape index (κ2) is 7.01. The van der Waals surface area contributed by atoms with E-state index in [-0.39, 0.29) is 6.54 Å².